The van der Waals surface area contributed by atoms with Gasteiger partial charge in [0.25, 0.3) is 5.69 Å². The number of nitro groups is 1. The minimum atomic E-state index is -4.59. The number of hydrogen-bond donors (Lipinski definition) is 1. The molecule has 20 heavy (non-hydrogen) atoms. The van der Waals surface area contributed by atoms with Crippen LogP contribution in [0.5, 0.6) is 0 Å². The number of nitro benzene ring substituents is 1. The van der Waals surface area contributed by atoms with Gasteiger partial charge in [0.2, 0.25) is 11.0 Å². The minimum absolute atomic E-state index is 0.0854. The topological polar surface area (TPSA) is 84.7 Å². The van der Waals surface area contributed by atoms with Crippen molar-refractivity contribution in [2.45, 2.75) is 23.2 Å². The van der Waals surface area contributed by atoms with Gasteiger partial charge in [0.05, 0.1) is 4.92 Å². The highest BCUT2D eigenvalue weighted by Crippen LogP contribution is 2.32. The summed E-state index contributed by atoms with van der Waals surface area (Å²) in [5.74, 6) is -1.18. The van der Waals surface area contributed by atoms with Crippen LogP contribution in [0.2, 0.25) is 0 Å². The molecule has 0 spiro atoms. The van der Waals surface area contributed by atoms with Crippen molar-refractivity contribution < 1.29 is 18.1 Å². The number of benzene rings is 1. The van der Waals surface area contributed by atoms with Crippen molar-refractivity contribution in [2.24, 2.45) is 0 Å². The normalized spacial score (nSPS) is 11.6. The molecule has 1 aromatic carbocycles. The SMILES string of the molecule is Cc1cc([N+](=O)[O-])ccc1Sc1n[nH]c(C(F)(F)F)n1. The Morgan fingerprint density at radius 3 is 2.60 bits per heavy atom. The molecule has 10 heteroatoms. The van der Waals surface area contributed by atoms with Crippen LogP contribution in [-0.4, -0.2) is 20.1 Å². The number of rotatable bonds is 3. The number of nitrogens with zero attached hydrogens (tertiary/aromatic N) is 3. The zero-order valence-electron chi connectivity index (χ0n) is 9.93. The molecule has 6 nitrogen and oxygen atoms in total. The third-order valence-corrected chi connectivity index (χ3v) is 3.35. The van der Waals surface area contributed by atoms with Gasteiger partial charge in [-0.15, -0.1) is 5.10 Å². The summed E-state index contributed by atoms with van der Waals surface area (Å²) in [5.41, 5.74) is 0.473. The Hall–Kier alpha value is -2.10. The van der Waals surface area contributed by atoms with Gasteiger partial charge in [0, 0.05) is 17.0 Å². The van der Waals surface area contributed by atoms with Crippen LogP contribution in [0, 0.1) is 17.0 Å². The minimum Gasteiger partial charge on any atom is -0.258 e. The molecule has 1 N–H and O–H groups in total. The molecule has 2 aromatic rings. The highest BCUT2D eigenvalue weighted by Gasteiger charge is 2.35. The standard InChI is InChI=1S/C10H7F3N4O2S/c1-5-4-6(17(18)19)2-3-7(5)20-9-14-8(15-16-9)10(11,12)13/h2-4H,1H3,(H,14,15,16). The number of non-ortho nitro benzene ring substituents is 1. The molecule has 1 heterocycles. The van der Waals surface area contributed by atoms with Crippen molar-refractivity contribution in [3.8, 4) is 0 Å². The van der Waals surface area contributed by atoms with Crippen LogP contribution in [-0.2, 0) is 6.18 Å². The van der Waals surface area contributed by atoms with Crippen molar-refractivity contribution in [1.29, 1.82) is 0 Å². The third-order valence-electron chi connectivity index (χ3n) is 2.30. The number of aromatic nitrogens is 3. The van der Waals surface area contributed by atoms with E-state index in [0.717, 1.165) is 11.8 Å². The highest BCUT2D eigenvalue weighted by atomic mass is 32.2. The third kappa shape index (κ3) is 3.07. The van der Waals surface area contributed by atoms with Crippen molar-refractivity contribution >= 4 is 17.4 Å². The lowest BCUT2D eigenvalue weighted by molar-refractivity contribution is -0.385. The van der Waals surface area contributed by atoms with Crippen LogP contribution < -0.4 is 0 Å². The molecule has 0 amide bonds. The van der Waals surface area contributed by atoms with Gasteiger partial charge < -0.3 is 0 Å². The van der Waals surface area contributed by atoms with Gasteiger partial charge in [-0.05, 0) is 30.3 Å². The second-order valence-electron chi connectivity index (χ2n) is 3.77. The van der Waals surface area contributed by atoms with Crippen molar-refractivity contribution in [2.75, 3.05) is 0 Å². The number of aryl methyl sites for hydroxylation is 1. The van der Waals surface area contributed by atoms with Gasteiger partial charge in [-0.2, -0.15) is 18.2 Å². The fraction of sp³-hybridized carbons (Fsp3) is 0.200. The van der Waals surface area contributed by atoms with Crippen molar-refractivity contribution in [1.82, 2.24) is 15.2 Å². The van der Waals surface area contributed by atoms with Crippen molar-refractivity contribution in [3.05, 3.63) is 39.7 Å². The Morgan fingerprint density at radius 1 is 1.40 bits per heavy atom. The molecule has 0 atom stereocenters. The molecule has 0 saturated heterocycles. The summed E-state index contributed by atoms with van der Waals surface area (Å²) in [6.07, 6.45) is -4.59. The van der Waals surface area contributed by atoms with E-state index in [9.17, 15) is 23.3 Å². The second kappa shape index (κ2) is 5.12. The van der Waals surface area contributed by atoms with E-state index in [0.29, 0.717) is 10.5 Å². The molecule has 0 radical (unpaired) electrons. The summed E-state index contributed by atoms with van der Waals surface area (Å²) in [7, 11) is 0. The van der Waals surface area contributed by atoms with Gasteiger partial charge in [0.1, 0.15) is 0 Å². The lowest BCUT2D eigenvalue weighted by atomic mass is 10.2. The number of aromatic amines is 1. The lowest BCUT2D eigenvalue weighted by Crippen LogP contribution is -2.07. The Kier molecular flexibility index (Phi) is 3.66. The molecule has 2 rings (SSSR count). The van der Waals surface area contributed by atoms with E-state index in [1.54, 1.807) is 12.0 Å². The summed E-state index contributed by atoms with van der Waals surface area (Å²) in [5, 5.41) is 15.7. The molecule has 0 aliphatic carbocycles. The van der Waals surface area contributed by atoms with Gasteiger partial charge in [-0.25, -0.2) is 0 Å². The number of alkyl halides is 3. The molecule has 1 aromatic heterocycles. The first-order valence-electron chi connectivity index (χ1n) is 5.20. The van der Waals surface area contributed by atoms with E-state index in [2.05, 4.69) is 10.1 Å². The largest absolute Gasteiger partial charge is 0.451 e. The van der Waals surface area contributed by atoms with Gasteiger partial charge in [0.15, 0.2) is 0 Å². The molecule has 0 aliphatic rings. The average Bonchev–Trinajstić information content (AvgIpc) is 2.80. The van der Waals surface area contributed by atoms with Gasteiger partial charge in [-0.1, -0.05) is 0 Å². The fourth-order valence-electron chi connectivity index (χ4n) is 1.38. The van der Waals surface area contributed by atoms with Crippen LogP contribution in [0.1, 0.15) is 11.4 Å². The number of nitrogens with one attached hydrogen (secondary N) is 1. The summed E-state index contributed by atoms with van der Waals surface area (Å²) in [6.45, 7) is 1.62. The molecule has 0 fully saturated rings. The van der Waals surface area contributed by atoms with Crippen LogP contribution >= 0.6 is 11.8 Å². The zero-order valence-corrected chi connectivity index (χ0v) is 10.7. The maximum absolute atomic E-state index is 12.3. The Bertz CT molecular complexity index is 656. The van der Waals surface area contributed by atoms with E-state index in [4.69, 9.17) is 0 Å². The molecular weight excluding hydrogens is 297 g/mol. The predicted molar refractivity (Wildman–Crippen MR) is 63.3 cm³/mol. The average molecular weight is 304 g/mol. The summed E-state index contributed by atoms with van der Waals surface area (Å²) < 4.78 is 37.0. The first-order valence-corrected chi connectivity index (χ1v) is 6.01. The van der Waals surface area contributed by atoms with E-state index in [1.807, 2.05) is 0 Å². The van der Waals surface area contributed by atoms with E-state index in [-0.39, 0.29) is 10.8 Å². The first-order chi connectivity index (χ1) is 9.27. The Morgan fingerprint density at radius 2 is 2.10 bits per heavy atom. The monoisotopic (exact) mass is 304 g/mol. The van der Waals surface area contributed by atoms with Crippen LogP contribution in [0.3, 0.4) is 0 Å². The molecular formula is C10H7F3N4O2S. The van der Waals surface area contributed by atoms with E-state index < -0.39 is 16.9 Å². The van der Waals surface area contributed by atoms with E-state index >= 15 is 0 Å². The second-order valence-corrected chi connectivity index (χ2v) is 4.78. The van der Waals surface area contributed by atoms with Gasteiger partial charge >= 0.3 is 6.18 Å². The molecule has 0 saturated carbocycles. The highest BCUT2D eigenvalue weighted by molar-refractivity contribution is 7.99. The summed E-state index contributed by atoms with van der Waals surface area (Å²) in [4.78, 5) is 13.9. The first kappa shape index (κ1) is 14.3. The summed E-state index contributed by atoms with van der Waals surface area (Å²) in [6, 6.07) is 4.05. The number of H-pyrrole nitrogens is 1. The lowest BCUT2D eigenvalue weighted by Gasteiger charge is -2.02. The fourth-order valence-corrected chi connectivity index (χ4v) is 2.16. The maximum atomic E-state index is 12.3. The molecule has 0 aliphatic heterocycles. The van der Waals surface area contributed by atoms with Gasteiger partial charge in [-0.3, -0.25) is 15.2 Å². The molecule has 0 bridgehead atoms. The maximum Gasteiger partial charge on any atom is 0.451 e. The molecule has 0 unspecified atom stereocenters. The zero-order chi connectivity index (χ0) is 14.9. The Balaban J connectivity index is 2.22. The predicted octanol–water partition coefficient (Wildman–Crippen LogP) is 3.19. The summed E-state index contributed by atoms with van der Waals surface area (Å²) >= 11 is 0.896. The van der Waals surface area contributed by atoms with Crippen LogP contribution in [0.15, 0.2) is 28.3 Å². The molecule has 106 valence electrons. The van der Waals surface area contributed by atoms with E-state index in [1.165, 1.54) is 18.2 Å². The number of halogens is 3. The van der Waals surface area contributed by atoms with Crippen LogP contribution in [0.25, 0.3) is 0 Å². The van der Waals surface area contributed by atoms with Crippen LogP contribution in [0.4, 0.5) is 18.9 Å². The smallest absolute Gasteiger partial charge is 0.258 e. The quantitative estimate of drug-likeness (QED) is 0.695. The van der Waals surface area contributed by atoms with Crippen molar-refractivity contribution in [3.63, 3.8) is 0 Å². The number of hydrogen-bond acceptors (Lipinski definition) is 5. The Labute approximate surface area is 114 Å².